The topological polar surface area (TPSA) is 41.6 Å². The molecular weight excluding hydrogens is 276 g/mol. The van der Waals surface area contributed by atoms with E-state index < -0.39 is 0 Å². The van der Waals surface area contributed by atoms with Gasteiger partial charge >= 0.3 is 0 Å². The second-order valence-electron chi connectivity index (χ2n) is 7.40. The fraction of sp³-hybridized carbons (Fsp3) is 0.722. The summed E-state index contributed by atoms with van der Waals surface area (Å²) in [4.78, 5) is 14.3. The average molecular weight is 302 g/mol. The van der Waals surface area contributed by atoms with Crippen LogP contribution < -0.4 is 5.32 Å². The maximum Gasteiger partial charge on any atom is 0.158 e. The smallest absolute Gasteiger partial charge is 0.158 e. The van der Waals surface area contributed by atoms with E-state index in [-0.39, 0.29) is 23.4 Å². The standard InChI is InChI=1S/C18H26N2O2/c1-12(21)16-4-3-13-11-15-14(5-8-19-15)18(17(13)22-16)6-9-20(2)10-7-18/h11,16-17,19H,3-10H2,1-2H3. The number of nitrogens with one attached hydrogen (secondary N) is 1. The van der Waals surface area contributed by atoms with Gasteiger partial charge in [0.25, 0.3) is 0 Å². The van der Waals surface area contributed by atoms with Crippen LogP contribution in [0.2, 0.25) is 0 Å². The molecule has 1 spiro atoms. The quantitative estimate of drug-likeness (QED) is 0.805. The third-order valence-corrected chi connectivity index (χ3v) is 6.11. The molecule has 0 aromatic carbocycles. The Kier molecular flexibility index (Phi) is 3.42. The Balaban J connectivity index is 1.72. The van der Waals surface area contributed by atoms with Gasteiger partial charge in [-0.25, -0.2) is 0 Å². The van der Waals surface area contributed by atoms with Crippen molar-refractivity contribution < 1.29 is 9.53 Å². The summed E-state index contributed by atoms with van der Waals surface area (Å²) < 4.78 is 6.39. The van der Waals surface area contributed by atoms with Gasteiger partial charge in [0, 0.05) is 17.7 Å². The van der Waals surface area contributed by atoms with Gasteiger partial charge in [-0.1, -0.05) is 0 Å². The summed E-state index contributed by atoms with van der Waals surface area (Å²) in [5.74, 6) is 0.187. The Labute approximate surface area is 132 Å². The zero-order valence-electron chi connectivity index (χ0n) is 13.7. The normalized spacial score (nSPS) is 34.0. The average Bonchev–Trinajstić information content (AvgIpc) is 2.98. The number of nitrogens with zero attached hydrogens (tertiary/aromatic N) is 1. The third-order valence-electron chi connectivity index (χ3n) is 6.11. The van der Waals surface area contributed by atoms with Crippen LogP contribution >= 0.6 is 0 Å². The number of piperidine rings is 1. The van der Waals surface area contributed by atoms with Crippen molar-refractivity contribution in [2.24, 2.45) is 5.41 Å². The lowest BCUT2D eigenvalue weighted by atomic mass is 9.62. The molecule has 2 unspecified atom stereocenters. The van der Waals surface area contributed by atoms with Crippen molar-refractivity contribution in [2.75, 3.05) is 26.7 Å². The molecule has 2 saturated heterocycles. The molecule has 2 fully saturated rings. The van der Waals surface area contributed by atoms with E-state index >= 15 is 0 Å². The monoisotopic (exact) mass is 302 g/mol. The van der Waals surface area contributed by atoms with Crippen LogP contribution in [0.4, 0.5) is 0 Å². The molecule has 0 aromatic heterocycles. The number of likely N-dealkylation sites (tertiary alicyclic amines) is 1. The number of allylic oxidation sites excluding steroid dienone is 1. The molecule has 120 valence electrons. The van der Waals surface area contributed by atoms with E-state index in [1.54, 1.807) is 12.5 Å². The summed E-state index contributed by atoms with van der Waals surface area (Å²) in [7, 11) is 2.20. The predicted octanol–water partition coefficient (Wildman–Crippen LogP) is 2.02. The number of carbonyl (C=O) groups is 1. The first-order chi connectivity index (χ1) is 10.6. The van der Waals surface area contributed by atoms with Crippen LogP contribution in [0.15, 0.2) is 22.9 Å². The molecule has 22 heavy (non-hydrogen) atoms. The molecule has 0 saturated carbocycles. The molecule has 3 heterocycles. The van der Waals surface area contributed by atoms with Crippen molar-refractivity contribution in [2.45, 2.75) is 51.2 Å². The maximum absolute atomic E-state index is 11.8. The Bertz CT molecular complexity index is 555. The fourth-order valence-electron chi connectivity index (χ4n) is 4.82. The highest BCUT2D eigenvalue weighted by Crippen LogP contribution is 2.53. The van der Waals surface area contributed by atoms with Crippen LogP contribution in [0.5, 0.6) is 0 Å². The number of hydrogen-bond acceptors (Lipinski definition) is 4. The lowest BCUT2D eigenvalue weighted by Crippen LogP contribution is -2.52. The van der Waals surface area contributed by atoms with Crippen molar-refractivity contribution >= 4 is 5.78 Å². The fourth-order valence-corrected chi connectivity index (χ4v) is 4.82. The molecular formula is C18H26N2O2. The van der Waals surface area contributed by atoms with E-state index in [4.69, 9.17) is 4.74 Å². The number of Topliss-reactive ketones (excluding diaryl/α,β-unsaturated/α-hetero) is 1. The molecule has 4 heteroatoms. The molecule has 0 radical (unpaired) electrons. The molecule has 0 aromatic rings. The predicted molar refractivity (Wildman–Crippen MR) is 85.5 cm³/mol. The largest absolute Gasteiger partial charge is 0.385 e. The van der Waals surface area contributed by atoms with Gasteiger partial charge in [-0.2, -0.15) is 0 Å². The molecule has 4 rings (SSSR count). The van der Waals surface area contributed by atoms with Gasteiger partial charge in [0.1, 0.15) is 6.10 Å². The highest BCUT2D eigenvalue weighted by molar-refractivity contribution is 5.80. The van der Waals surface area contributed by atoms with E-state index in [0.29, 0.717) is 0 Å². The molecule has 2 atom stereocenters. The Morgan fingerprint density at radius 1 is 1.36 bits per heavy atom. The van der Waals surface area contributed by atoms with Crippen LogP contribution in [0.25, 0.3) is 0 Å². The van der Waals surface area contributed by atoms with Crippen molar-refractivity contribution in [3.05, 3.63) is 22.9 Å². The summed E-state index contributed by atoms with van der Waals surface area (Å²) in [5.41, 5.74) is 4.47. The lowest BCUT2D eigenvalue weighted by molar-refractivity contribution is -0.142. The Morgan fingerprint density at radius 3 is 2.86 bits per heavy atom. The SMILES string of the molecule is CC(=O)C1CCC2=CC3=C(CCN3)C3(CCN(C)CC3)C2O1. The first-order valence-corrected chi connectivity index (χ1v) is 8.62. The molecule has 4 nitrogen and oxygen atoms in total. The van der Waals surface area contributed by atoms with Gasteiger partial charge in [0.05, 0.1) is 6.10 Å². The van der Waals surface area contributed by atoms with Gasteiger partial charge in [-0.3, -0.25) is 4.79 Å². The molecule has 1 N–H and O–H groups in total. The van der Waals surface area contributed by atoms with E-state index in [2.05, 4.69) is 23.3 Å². The second kappa shape index (κ2) is 5.20. The summed E-state index contributed by atoms with van der Waals surface area (Å²) >= 11 is 0. The van der Waals surface area contributed by atoms with E-state index in [1.807, 2.05) is 0 Å². The summed E-state index contributed by atoms with van der Waals surface area (Å²) in [6.07, 6.45) is 7.53. The molecule has 4 aliphatic rings. The molecule has 0 bridgehead atoms. The number of carbonyl (C=O) groups excluding carboxylic acids is 1. The third kappa shape index (κ3) is 2.08. The minimum atomic E-state index is -0.199. The van der Waals surface area contributed by atoms with Crippen LogP contribution in [0, 0.1) is 5.41 Å². The van der Waals surface area contributed by atoms with Crippen molar-refractivity contribution in [1.29, 1.82) is 0 Å². The summed E-state index contributed by atoms with van der Waals surface area (Å²) in [5, 5.41) is 3.58. The Hall–Kier alpha value is -1.13. The van der Waals surface area contributed by atoms with Gasteiger partial charge in [0.2, 0.25) is 0 Å². The highest BCUT2D eigenvalue weighted by atomic mass is 16.5. The Morgan fingerprint density at radius 2 is 2.14 bits per heavy atom. The number of ether oxygens (including phenoxy) is 1. The zero-order valence-corrected chi connectivity index (χ0v) is 13.7. The second-order valence-corrected chi connectivity index (χ2v) is 7.40. The summed E-state index contributed by atoms with van der Waals surface area (Å²) in [6, 6.07) is 0. The van der Waals surface area contributed by atoms with Crippen molar-refractivity contribution in [3.8, 4) is 0 Å². The zero-order chi connectivity index (χ0) is 15.3. The van der Waals surface area contributed by atoms with Gasteiger partial charge < -0.3 is 15.0 Å². The van der Waals surface area contributed by atoms with Crippen LogP contribution in [-0.4, -0.2) is 49.6 Å². The lowest BCUT2D eigenvalue weighted by Gasteiger charge is -2.51. The molecule has 0 amide bonds. The van der Waals surface area contributed by atoms with Gasteiger partial charge in [-0.05, 0) is 76.4 Å². The van der Waals surface area contributed by atoms with Gasteiger partial charge in [-0.15, -0.1) is 0 Å². The summed E-state index contributed by atoms with van der Waals surface area (Å²) in [6.45, 7) is 4.96. The number of hydrogen-bond donors (Lipinski definition) is 1. The van der Waals surface area contributed by atoms with E-state index in [9.17, 15) is 4.79 Å². The van der Waals surface area contributed by atoms with E-state index in [0.717, 1.165) is 51.7 Å². The number of rotatable bonds is 1. The van der Waals surface area contributed by atoms with Crippen LogP contribution in [-0.2, 0) is 9.53 Å². The number of ketones is 1. The minimum absolute atomic E-state index is 0.127. The van der Waals surface area contributed by atoms with Gasteiger partial charge in [0.15, 0.2) is 5.78 Å². The molecule has 3 aliphatic heterocycles. The van der Waals surface area contributed by atoms with E-state index in [1.165, 1.54) is 11.3 Å². The van der Waals surface area contributed by atoms with Crippen LogP contribution in [0.3, 0.4) is 0 Å². The number of fused-ring (bicyclic) bond motifs is 3. The molecule has 1 aliphatic carbocycles. The highest BCUT2D eigenvalue weighted by Gasteiger charge is 2.51. The van der Waals surface area contributed by atoms with Crippen molar-refractivity contribution in [3.63, 3.8) is 0 Å². The first-order valence-electron chi connectivity index (χ1n) is 8.62. The minimum Gasteiger partial charge on any atom is -0.385 e. The maximum atomic E-state index is 11.8. The van der Waals surface area contributed by atoms with Crippen molar-refractivity contribution in [1.82, 2.24) is 10.2 Å². The first kappa shape index (κ1) is 14.5. The van der Waals surface area contributed by atoms with Crippen LogP contribution in [0.1, 0.15) is 39.0 Å².